The fourth-order valence-electron chi connectivity index (χ4n) is 6.35. The molecule has 5 unspecified atom stereocenters. The molecule has 0 saturated heterocycles. The molecule has 0 radical (unpaired) electrons. The van der Waals surface area contributed by atoms with Crippen LogP contribution in [-0.4, -0.2) is 12.6 Å². The minimum atomic E-state index is 0.881. The first kappa shape index (κ1) is 12.7. The number of hydrogen-bond donors (Lipinski definition) is 1. The zero-order valence-electron chi connectivity index (χ0n) is 12.6. The molecular weight excluding hydrogens is 230 g/mol. The summed E-state index contributed by atoms with van der Waals surface area (Å²) >= 11 is 0. The van der Waals surface area contributed by atoms with Crippen LogP contribution in [0.25, 0.3) is 0 Å². The minimum Gasteiger partial charge on any atom is -0.314 e. The molecule has 4 rings (SSSR count). The molecule has 0 aromatic rings. The van der Waals surface area contributed by atoms with Gasteiger partial charge < -0.3 is 5.32 Å². The number of fused-ring (bicyclic) bond motifs is 5. The second kappa shape index (κ2) is 5.06. The minimum absolute atomic E-state index is 0.881. The molecular formula is C18H31N. The predicted molar refractivity (Wildman–Crippen MR) is 80.0 cm³/mol. The van der Waals surface area contributed by atoms with Crippen molar-refractivity contribution in [3.05, 3.63) is 0 Å². The van der Waals surface area contributed by atoms with Crippen molar-refractivity contribution in [2.24, 2.45) is 35.5 Å². The molecule has 0 aromatic heterocycles. The van der Waals surface area contributed by atoms with E-state index in [4.69, 9.17) is 0 Å². The first-order valence-electron chi connectivity index (χ1n) is 9.12. The van der Waals surface area contributed by atoms with Crippen LogP contribution in [0.5, 0.6) is 0 Å². The smallest absolute Gasteiger partial charge is 0.0104 e. The van der Waals surface area contributed by atoms with Crippen LogP contribution in [0.4, 0.5) is 0 Å². The summed E-state index contributed by atoms with van der Waals surface area (Å²) in [4.78, 5) is 0. The van der Waals surface area contributed by atoms with Gasteiger partial charge in [0.1, 0.15) is 0 Å². The molecule has 0 amide bonds. The highest BCUT2D eigenvalue weighted by Gasteiger charge is 2.66. The lowest BCUT2D eigenvalue weighted by Crippen LogP contribution is -2.35. The molecule has 1 heteroatoms. The Morgan fingerprint density at radius 3 is 2.26 bits per heavy atom. The van der Waals surface area contributed by atoms with Crippen molar-refractivity contribution < 1.29 is 0 Å². The maximum Gasteiger partial charge on any atom is 0.0104 e. The summed E-state index contributed by atoms with van der Waals surface area (Å²) in [6.45, 7) is 3.49. The molecule has 1 nitrogen and oxygen atoms in total. The highest BCUT2D eigenvalue weighted by Crippen LogP contribution is 2.70. The largest absolute Gasteiger partial charge is 0.314 e. The molecule has 4 aliphatic rings. The van der Waals surface area contributed by atoms with Gasteiger partial charge in [0.05, 0.1) is 0 Å². The van der Waals surface area contributed by atoms with Crippen molar-refractivity contribution >= 4 is 0 Å². The second-order valence-corrected chi connectivity index (χ2v) is 7.97. The summed E-state index contributed by atoms with van der Waals surface area (Å²) in [7, 11) is 0. The standard InChI is InChI=1S/C18H31N/c1-2-19-15(10-12-6-4-3-5-7-12)18-16-13-8-9-14(11-13)17(16)18/h12-19H,2-11H2,1H3. The summed E-state index contributed by atoms with van der Waals surface area (Å²) in [6, 6.07) is 0.881. The van der Waals surface area contributed by atoms with Crippen LogP contribution in [0.15, 0.2) is 0 Å². The zero-order valence-corrected chi connectivity index (χ0v) is 12.6. The molecule has 5 atom stereocenters. The Hall–Kier alpha value is -0.0400. The number of nitrogens with one attached hydrogen (secondary N) is 1. The van der Waals surface area contributed by atoms with Crippen molar-refractivity contribution in [2.75, 3.05) is 6.54 Å². The molecule has 4 fully saturated rings. The van der Waals surface area contributed by atoms with Gasteiger partial charge >= 0.3 is 0 Å². The van der Waals surface area contributed by atoms with Gasteiger partial charge in [0.2, 0.25) is 0 Å². The Morgan fingerprint density at radius 1 is 0.947 bits per heavy atom. The van der Waals surface area contributed by atoms with E-state index in [9.17, 15) is 0 Å². The molecule has 0 heterocycles. The lowest BCUT2D eigenvalue weighted by molar-refractivity contribution is 0.263. The van der Waals surface area contributed by atoms with E-state index in [1.807, 2.05) is 0 Å². The molecule has 2 bridgehead atoms. The SMILES string of the molecule is CCNC(CC1CCCCC1)C1C2C3CCC(C3)C21. The van der Waals surface area contributed by atoms with Gasteiger partial charge in [-0.1, -0.05) is 39.0 Å². The third-order valence-electron chi connectivity index (χ3n) is 7.04. The predicted octanol–water partition coefficient (Wildman–Crippen LogP) is 4.23. The maximum absolute atomic E-state index is 3.89. The quantitative estimate of drug-likeness (QED) is 0.781. The Bertz CT molecular complexity index is 304. The van der Waals surface area contributed by atoms with Crippen LogP contribution in [-0.2, 0) is 0 Å². The van der Waals surface area contributed by atoms with E-state index < -0.39 is 0 Å². The lowest BCUT2D eigenvalue weighted by Gasteiger charge is -2.28. The van der Waals surface area contributed by atoms with Crippen molar-refractivity contribution in [2.45, 2.75) is 70.8 Å². The number of rotatable bonds is 5. The van der Waals surface area contributed by atoms with E-state index in [0.29, 0.717) is 0 Å². The second-order valence-electron chi connectivity index (χ2n) is 7.97. The van der Waals surface area contributed by atoms with Crippen LogP contribution in [0, 0.1) is 35.5 Å². The Kier molecular flexibility index (Phi) is 3.38. The van der Waals surface area contributed by atoms with Crippen LogP contribution in [0.1, 0.15) is 64.7 Å². The number of hydrogen-bond acceptors (Lipinski definition) is 1. The Morgan fingerprint density at radius 2 is 1.63 bits per heavy atom. The topological polar surface area (TPSA) is 12.0 Å². The summed E-state index contributed by atoms with van der Waals surface area (Å²) < 4.78 is 0. The molecule has 0 aromatic carbocycles. The average molecular weight is 261 g/mol. The van der Waals surface area contributed by atoms with Gasteiger partial charge in [0.25, 0.3) is 0 Å². The zero-order chi connectivity index (χ0) is 12.8. The average Bonchev–Trinajstić information content (AvgIpc) is 2.87. The summed E-state index contributed by atoms with van der Waals surface area (Å²) in [6.07, 6.45) is 13.8. The molecule has 19 heavy (non-hydrogen) atoms. The Balaban J connectivity index is 1.39. The fraction of sp³-hybridized carbons (Fsp3) is 1.00. The maximum atomic E-state index is 3.89. The highest BCUT2D eigenvalue weighted by atomic mass is 14.9. The summed E-state index contributed by atoms with van der Waals surface area (Å²) in [5.74, 6) is 6.75. The van der Waals surface area contributed by atoms with Gasteiger partial charge in [-0.2, -0.15) is 0 Å². The van der Waals surface area contributed by atoms with Crippen molar-refractivity contribution in [3.8, 4) is 0 Å². The molecule has 0 spiro atoms. The van der Waals surface area contributed by atoms with Gasteiger partial charge in [-0.3, -0.25) is 0 Å². The monoisotopic (exact) mass is 261 g/mol. The van der Waals surface area contributed by atoms with Crippen LogP contribution < -0.4 is 5.32 Å². The van der Waals surface area contributed by atoms with Crippen LogP contribution >= 0.6 is 0 Å². The molecule has 0 aliphatic heterocycles. The summed E-state index contributed by atoms with van der Waals surface area (Å²) in [5, 5.41) is 3.89. The Labute approximate surface area is 118 Å². The van der Waals surface area contributed by atoms with Crippen molar-refractivity contribution in [3.63, 3.8) is 0 Å². The van der Waals surface area contributed by atoms with E-state index in [2.05, 4.69) is 12.2 Å². The van der Waals surface area contributed by atoms with Crippen LogP contribution in [0.3, 0.4) is 0 Å². The van der Waals surface area contributed by atoms with E-state index in [0.717, 1.165) is 41.5 Å². The van der Waals surface area contributed by atoms with E-state index in [-0.39, 0.29) is 0 Å². The van der Waals surface area contributed by atoms with E-state index in [1.54, 1.807) is 19.3 Å². The van der Waals surface area contributed by atoms with E-state index >= 15 is 0 Å². The first-order chi connectivity index (χ1) is 9.38. The third kappa shape index (κ3) is 2.17. The lowest BCUT2D eigenvalue weighted by atomic mass is 9.82. The first-order valence-corrected chi connectivity index (χ1v) is 9.12. The van der Waals surface area contributed by atoms with Gasteiger partial charge in [-0.05, 0) is 67.7 Å². The van der Waals surface area contributed by atoms with Crippen molar-refractivity contribution in [1.82, 2.24) is 5.32 Å². The highest BCUT2D eigenvalue weighted by molar-refractivity contribution is 5.15. The normalized spacial score (nSPS) is 46.3. The molecule has 4 aliphatic carbocycles. The molecule has 1 N–H and O–H groups in total. The fourth-order valence-corrected chi connectivity index (χ4v) is 6.35. The summed E-state index contributed by atoms with van der Waals surface area (Å²) in [5.41, 5.74) is 0. The molecule has 4 saturated carbocycles. The third-order valence-corrected chi connectivity index (χ3v) is 7.04. The van der Waals surface area contributed by atoms with Gasteiger partial charge in [0, 0.05) is 6.04 Å². The van der Waals surface area contributed by atoms with E-state index in [1.165, 1.54) is 45.1 Å². The van der Waals surface area contributed by atoms with Gasteiger partial charge in [-0.15, -0.1) is 0 Å². The van der Waals surface area contributed by atoms with Gasteiger partial charge in [0.15, 0.2) is 0 Å². The van der Waals surface area contributed by atoms with Gasteiger partial charge in [-0.25, -0.2) is 0 Å². The van der Waals surface area contributed by atoms with Crippen molar-refractivity contribution in [1.29, 1.82) is 0 Å². The molecule has 108 valence electrons. The van der Waals surface area contributed by atoms with Crippen LogP contribution in [0.2, 0.25) is 0 Å².